The van der Waals surface area contributed by atoms with Crippen LogP contribution in [0.25, 0.3) is 0 Å². The molecule has 0 unspecified atom stereocenters. The van der Waals surface area contributed by atoms with Crippen LogP contribution < -0.4 is 0 Å². The summed E-state index contributed by atoms with van der Waals surface area (Å²) in [6.07, 6.45) is 1.24. The number of carbonyl (C=O) groups excluding carboxylic acids is 2. The second-order valence-corrected chi connectivity index (χ2v) is 4.83. The number of alkyl halides is 1. The Hall–Kier alpha value is -0.380. The molecule has 0 aromatic rings. The van der Waals surface area contributed by atoms with Gasteiger partial charge in [-0.25, -0.2) is 0 Å². The zero-order valence-corrected chi connectivity index (χ0v) is 8.91. The van der Waals surface area contributed by atoms with Gasteiger partial charge in [-0.05, 0) is 6.42 Å². The zero-order valence-electron chi connectivity index (χ0n) is 7.33. The van der Waals surface area contributed by atoms with Crippen molar-refractivity contribution in [1.82, 2.24) is 0 Å². The highest BCUT2D eigenvalue weighted by Crippen LogP contribution is 2.47. The zero-order chi connectivity index (χ0) is 9.59. The van der Waals surface area contributed by atoms with Crippen LogP contribution in [0.2, 0.25) is 0 Å². The molecule has 0 aliphatic heterocycles. The number of fused-ring (bicyclic) bond motifs is 2. The Labute approximate surface area is 85.0 Å². The summed E-state index contributed by atoms with van der Waals surface area (Å²) in [5.74, 6) is 0.357. The first-order chi connectivity index (χ1) is 6.09. The molecule has 72 valence electrons. The summed E-state index contributed by atoms with van der Waals surface area (Å²) in [5.41, 5.74) is 0. The number of hydrogen-bond donors (Lipinski definition) is 0. The van der Waals surface area contributed by atoms with Crippen molar-refractivity contribution >= 4 is 27.7 Å². The van der Waals surface area contributed by atoms with Gasteiger partial charge in [0.1, 0.15) is 11.9 Å². The van der Waals surface area contributed by atoms with Crippen molar-refractivity contribution in [3.63, 3.8) is 0 Å². The van der Waals surface area contributed by atoms with Crippen LogP contribution in [0.5, 0.6) is 0 Å². The standard InChI is InChI=1S/C9H11BrO3/c1-4(11)13-8-3-5-7(12)2-6(8)9(5)10/h5-6,8-9H,2-3H2,1H3/t5-,6-,8-,9+/m1/s1. The molecule has 0 saturated heterocycles. The molecule has 2 aliphatic carbocycles. The van der Waals surface area contributed by atoms with Crippen LogP contribution in [0, 0.1) is 11.8 Å². The van der Waals surface area contributed by atoms with E-state index in [2.05, 4.69) is 15.9 Å². The first-order valence-electron chi connectivity index (χ1n) is 4.43. The predicted molar refractivity (Wildman–Crippen MR) is 49.5 cm³/mol. The average Bonchev–Trinajstić information content (AvgIpc) is 2.43. The van der Waals surface area contributed by atoms with E-state index in [0.717, 1.165) is 0 Å². The number of ether oxygens (including phenoxy) is 1. The molecule has 2 rings (SSSR count). The first-order valence-corrected chi connectivity index (χ1v) is 5.35. The van der Waals surface area contributed by atoms with E-state index in [9.17, 15) is 9.59 Å². The molecular formula is C9H11BrO3. The number of esters is 1. The minimum atomic E-state index is -0.246. The third-order valence-corrected chi connectivity index (χ3v) is 4.24. The summed E-state index contributed by atoms with van der Waals surface area (Å²) in [6, 6.07) is 0. The molecular weight excluding hydrogens is 236 g/mol. The lowest BCUT2D eigenvalue weighted by molar-refractivity contribution is -0.150. The maximum absolute atomic E-state index is 11.3. The fourth-order valence-electron chi connectivity index (χ4n) is 2.34. The number of Topliss-reactive ketones (excluding diaryl/α,β-unsaturated/α-hetero) is 1. The lowest BCUT2D eigenvalue weighted by Crippen LogP contribution is -2.26. The minimum absolute atomic E-state index is 0.0374. The molecule has 13 heavy (non-hydrogen) atoms. The van der Waals surface area contributed by atoms with Gasteiger partial charge in [0.15, 0.2) is 0 Å². The van der Waals surface area contributed by atoms with Crippen LogP contribution >= 0.6 is 15.9 Å². The molecule has 2 aliphatic rings. The molecule has 2 bridgehead atoms. The molecule has 4 atom stereocenters. The first kappa shape index (κ1) is 9.19. The Balaban J connectivity index is 2.06. The van der Waals surface area contributed by atoms with E-state index in [1.807, 2.05) is 0 Å². The fourth-order valence-corrected chi connectivity index (χ4v) is 3.38. The number of halogens is 1. The van der Waals surface area contributed by atoms with Crippen molar-refractivity contribution in [2.45, 2.75) is 30.7 Å². The monoisotopic (exact) mass is 246 g/mol. The molecule has 0 spiro atoms. The summed E-state index contributed by atoms with van der Waals surface area (Å²) >= 11 is 3.49. The van der Waals surface area contributed by atoms with Crippen molar-refractivity contribution in [3.8, 4) is 0 Å². The quantitative estimate of drug-likeness (QED) is 0.518. The van der Waals surface area contributed by atoms with Crippen LogP contribution in [-0.2, 0) is 14.3 Å². The normalized spacial score (nSPS) is 42.5. The van der Waals surface area contributed by atoms with E-state index in [0.29, 0.717) is 18.6 Å². The molecule has 0 aromatic carbocycles. The SMILES string of the molecule is CC(=O)O[C@@H]1C[C@@H]2C(=O)C[C@H]1[C@H]2Br. The average molecular weight is 247 g/mol. The second kappa shape index (κ2) is 3.08. The molecule has 2 fully saturated rings. The molecule has 0 heterocycles. The van der Waals surface area contributed by atoms with Crippen molar-refractivity contribution in [3.05, 3.63) is 0 Å². The van der Waals surface area contributed by atoms with Crippen molar-refractivity contribution in [2.75, 3.05) is 0 Å². The largest absolute Gasteiger partial charge is 0.462 e. The van der Waals surface area contributed by atoms with Crippen LogP contribution in [0.1, 0.15) is 19.8 Å². The van der Waals surface area contributed by atoms with Gasteiger partial charge in [0.25, 0.3) is 0 Å². The molecule has 3 nitrogen and oxygen atoms in total. The van der Waals surface area contributed by atoms with E-state index in [-0.39, 0.29) is 28.7 Å². The Morgan fingerprint density at radius 3 is 2.69 bits per heavy atom. The Morgan fingerprint density at radius 2 is 2.31 bits per heavy atom. The van der Waals surface area contributed by atoms with E-state index < -0.39 is 0 Å². The highest BCUT2D eigenvalue weighted by atomic mass is 79.9. The maximum atomic E-state index is 11.3. The van der Waals surface area contributed by atoms with Gasteiger partial charge >= 0.3 is 5.97 Å². The van der Waals surface area contributed by atoms with Crippen LogP contribution in [0.3, 0.4) is 0 Å². The van der Waals surface area contributed by atoms with Gasteiger partial charge < -0.3 is 4.74 Å². The van der Waals surface area contributed by atoms with Gasteiger partial charge in [0.2, 0.25) is 0 Å². The summed E-state index contributed by atoms with van der Waals surface area (Å²) in [6.45, 7) is 1.41. The smallest absolute Gasteiger partial charge is 0.302 e. The lowest BCUT2D eigenvalue weighted by atomic mass is 9.96. The number of rotatable bonds is 1. The molecule has 4 heteroatoms. The predicted octanol–water partition coefficient (Wildman–Crippen LogP) is 1.29. The summed E-state index contributed by atoms with van der Waals surface area (Å²) in [5, 5.41) is 0. The molecule has 0 radical (unpaired) electrons. The van der Waals surface area contributed by atoms with Gasteiger partial charge in [-0.15, -0.1) is 0 Å². The van der Waals surface area contributed by atoms with E-state index in [1.165, 1.54) is 6.92 Å². The van der Waals surface area contributed by atoms with Gasteiger partial charge in [0, 0.05) is 30.0 Å². The second-order valence-electron chi connectivity index (χ2n) is 3.77. The fraction of sp³-hybridized carbons (Fsp3) is 0.778. The Morgan fingerprint density at radius 1 is 1.62 bits per heavy atom. The Bertz CT molecular complexity index is 264. The molecule has 0 amide bonds. The maximum Gasteiger partial charge on any atom is 0.302 e. The molecule has 0 N–H and O–H groups in total. The van der Waals surface area contributed by atoms with Crippen molar-refractivity contribution < 1.29 is 14.3 Å². The Kier molecular flexibility index (Phi) is 2.18. The number of hydrogen-bond acceptors (Lipinski definition) is 3. The summed E-state index contributed by atoms with van der Waals surface area (Å²) < 4.78 is 5.14. The lowest BCUT2D eigenvalue weighted by Gasteiger charge is -2.20. The van der Waals surface area contributed by atoms with E-state index in [1.54, 1.807) is 0 Å². The van der Waals surface area contributed by atoms with Gasteiger partial charge in [-0.3, -0.25) is 9.59 Å². The van der Waals surface area contributed by atoms with Gasteiger partial charge in [0.05, 0.1) is 0 Å². The molecule has 0 aromatic heterocycles. The molecule has 2 saturated carbocycles. The third kappa shape index (κ3) is 1.41. The van der Waals surface area contributed by atoms with Crippen molar-refractivity contribution in [2.24, 2.45) is 11.8 Å². The highest BCUT2D eigenvalue weighted by molar-refractivity contribution is 9.09. The van der Waals surface area contributed by atoms with Crippen molar-refractivity contribution in [1.29, 1.82) is 0 Å². The van der Waals surface area contributed by atoms with Gasteiger partial charge in [-0.1, -0.05) is 15.9 Å². The van der Waals surface area contributed by atoms with Crippen LogP contribution in [-0.4, -0.2) is 22.7 Å². The number of carbonyl (C=O) groups is 2. The van der Waals surface area contributed by atoms with Crippen LogP contribution in [0.4, 0.5) is 0 Å². The third-order valence-electron chi connectivity index (χ3n) is 2.92. The minimum Gasteiger partial charge on any atom is -0.462 e. The highest BCUT2D eigenvalue weighted by Gasteiger charge is 2.53. The van der Waals surface area contributed by atoms with Crippen LogP contribution in [0.15, 0.2) is 0 Å². The topological polar surface area (TPSA) is 43.4 Å². The summed E-state index contributed by atoms with van der Waals surface area (Å²) in [7, 11) is 0. The number of ketones is 1. The van der Waals surface area contributed by atoms with E-state index in [4.69, 9.17) is 4.74 Å². The van der Waals surface area contributed by atoms with Gasteiger partial charge in [-0.2, -0.15) is 0 Å². The van der Waals surface area contributed by atoms with E-state index >= 15 is 0 Å². The summed E-state index contributed by atoms with van der Waals surface area (Å²) in [4.78, 5) is 22.3.